The lowest BCUT2D eigenvalue weighted by Crippen LogP contribution is -2.56. The zero-order chi connectivity index (χ0) is 22.1. The lowest BCUT2D eigenvalue weighted by atomic mass is 9.76. The highest BCUT2D eigenvalue weighted by Crippen LogP contribution is 2.54. The Hall–Kier alpha value is -2.99. The maximum atomic E-state index is 13.7. The Bertz CT molecular complexity index is 1100. The fraction of sp³-hybridized carbons (Fsp3) is 0.400. The summed E-state index contributed by atoms with van der Waals surface area (Å²) in [6.45, 7) is 7.56. The number of aryl methyl sites for hydroxylation is 1. The third-order valence-electron chi connectivity index (χ3n) is 6.84. The van der Waals surface area contributed by atoms with Crippen LogP contribution >= 0.6 is 0 Å². The van der Waals surface area contributed by atoms with Crippen LogP contribution in [0.4, 0.5) is 5.69 Å². The minimum Gasteiger partial charge on any atom is -0.324 e. The SMILES string of the molecule is Cc1ccc2c(c1)[C@]1(N[C@@H](Cc3ccccc3)[C@H]3C(=O)N(C(C)(C)C)C(=O)[C@H]31)C(=O)N2. The van der Waals surface area contributed by atoms with Crippen LogP contribution in [-0.4, -0.2) is 34.2 Å². The molecule has 2 aromatic rings. The van der Waals surface area contributed by atoms with Crippen molar-refractivity contribution in [2.75, 3.05) is 5.32 Å². The highest BCUT2D eigenvalue weighted by Gasteiger charge is 2.71. The maximum absolute atomic E-state index is 13.7. The van der Waals surface area contributed by atoms with Crippen molar-refractivity contribution >= 4 is 23.4 Å². The number of likely N-dealkylation sites (tertiary alicyclic amines) is 1. The molecule has 2 aromatic carbocycles. The van der Waals surface area contributed by atoms with E-state index < -0.39 is 22.9 Å². The number of carbonyl (C=O) groups is 3. The quantitative estimate of drug-likeness (QED) is 0.737. The van der Waals surface area contributed by atoms with Crippen LogP contribution in [0.25, 0.3) is 0 Å². The summed E-state index contributed by atoms with van der Waals surface area (Å²) in [5.74, 6) is -2.08. The monoisotopic (exact) mass is 417 g/mol. The maximum Gasteiger partial charge on any atom is 0.250 e. The zero-order valence-corrected chi connectivity index (χ0v) is 18.2. The van der Waals surface area contributed by atoms with Crippen LogP contribution in [0.1, 0.15) is 37.5 Å². The second kappa shape index (κ2) is 6.50. The molecule has 0 saturated carbocycles. The van der Waals surface area contributed by atoms with E-state index in [-0.39, 0.29) is 23.8 Å². The molecule has 0 aromatic heterocycles. The van der Waals surface area contributed by atoms with Gasteiger partial charge >= 0.3 is 0 Å². The second-order valence-corrected chi connectivity index (χ2v) is 9.94. The summed E-state index contributed by atoms with van der Waals surface area (Å²) in [5.41, 5.74) is 1.65. The van der Waals surface area contributed by atoms with Crippen LogP contribution in [0.5, 0.6) is 0 Å². The summed E-state index contributed by atoms with van der Waals surface area (Å²) in [4.78, 5) is 42.2. The minimum absolute atomic E-state index is 0.193. The first kappa shape index (κ1) is 19.9. The highest BCUT2D eigenvalue weighted by atomic mass is 16.2. The molecule has 5 rings (SSSR count). The fourth-order valence-electron chi connectivity index (χ4n) is 5.62. The van der Waals surface area contributed by atoms with Gasteiger partial charge in [-0.2, -0.15) is 0 Å². The molecule has 3 amide bonds. The first-order valence-corrected chi connectivity index (χ1v) is 10.8. The highest BCUT2D eigenvalue weighted by molar-refractivity contribution is 6.15. The molecule has 2 N–H and O–H groups in total. The van der Waals surface area contributed by atoms with Gasteiger partial charge in [0.05, 0.1) is 11.8 Å². The van der Waals surface area contributed by atoms with Crippen LogP contribution < -0.4 is 10.6 Å². The molecule has 6 nitrogen and oxygen atoms in total. The standard InChI is InChI=1S/C25H27N3O3/c1-14-10-11-17-16(12-14)25(23(31)26-17)20-19(21(29)28(22(20)30)24(2,3)4)18(27-25)13-15-8-6-5-7-9-15/h5-12,18-20,27H,13H2,1-4H3,(H,26,31)/t18-,19+,20-,25+/m0/s1. The van der Waals surface area contributed by atoms with Crippen molar-refractivity contribution in [3.63, 3.8) is 0 Å². The van der Waals surface area contributed by atoms with E-state index in [0.29, 0.717) is 12.1 Å². The normalized spacial score (nSPS) is 29.5. The first-order valence-electron chi connectivity index (χ1n) is 10.8. The van der Waals surface area contributed by atoms with Crippen molar-refractivity contribution in [2.45, 2.75) is 51.2 Å². The average Bonchev–Trinajstić information content (AvgIpc) is 3.27. The molecule has 2 fully saturated rings. The van der Waals surface area contributed by atoms with Crippen LogP contribution in [0.3, 0.4) is 0 Å². The van der Waals surface area contributed by atoms with Crippen LogP contribution in [-0.2, 0) is 26.3 Å². The molecular weight excluding hydrogens is 390 g/mol. The van der Waals surface area contributed by atoms with Gasteiger partial charge in [0.15, 0.2) is 0 Å². The topological polar surface area (TPSA) is 78.5 Å². The molecule has 160 valence electrons. The molecule has 0 bridgehead atoms. The molecule has 0 unspecified atom stereocenters. The Morgan fingerprint density at radius 2 is 1.71 bits per heavy atom. The molecular formula is C25H27N3O3. The Balaban J connectivity index is 1.68. The van der Waals surface area contributed by atoms with Gasteiger partial charge in [0.25, 0.3) is 0 Å². The molecule has 0 radical (unpaired) electrons. The number of carbonyl (C=O) groups excluding carboxylic acids is 3. The third kappa shape index (κ3) is 2.71. The van der Waals surface area contributed by atoms with E-state index in [2.05, 4.69) is 10.6 Å². The van der Waals surface area contributed by atoms with Crippen molar-refractivity contribution in [2.24, 2.45) is 11.8 Å². The van der Waals surface area contributed by atoms with Gasteiger partial charge in [0.1, 0.15) is 5.54 Å². The molecule has 31 heavy (non-hydrogen) atoms. The molecule has 4 atom stereocenters. The smallest absolute Gasteiger partial charge is 0.250 e. The van der Waals surface area contributed by atoms with E-state index in [1.807, 2.05) is 76.2 Å². The zero-order valence-electron chi connectivity index (χ0n) is 18.2. The number of benzene rings is 2. The van der Waals surface area contributed by atoms with Gasteiger partial charge < -0.3 is 5.32 Å². The van der Waals surface area contributed by atoms with Gasteiger partial charge in [-0.05, 0) is 45.7 Å². The van der Waals surface area contributed by atoms with Crippen LogP contribution in [0.15, 0.2) is 48.5 Å². The van der Waals surface area contributed by atoms with Gasteiger partial charge in [0.2, 0.25) is 17.7 Å². The number of nitrogens with one attached hydrogen (secondary N) is 2. The van der Waals surface area contributed by atoms with Gasteiger partial charge in [0, 0.05) is 22.8 Å². The van der Waals surface area contributed by atoms with Gasteiger partial charge in [-0.1, -0.05) is 48.0 Å². The Labute approximate surface area is 182 Å². The van der Waals surface area contributed by atoms with Crippen LogP contribution in [0.2, 0.25) is 0 Å². The van der Waals surface area contributed by atoms with Crippen molar-refractivity contribution in [3.05, 3.63) is 65.2 Å². The molecule has 1 spiro atoms. The number of hydrogen-bond donors (Lipinski definition) is 2. The lowest BCUT2D eigenvalue weighted by molar-refractivity contribution is -0.147. The predicted molar refractivity (Wildman–Crippen MR) is 117 cm³/mol. The van der Waals surface area contributed by atoms with Crippen molar-refractivity contribution in [1.82, 2.24) is 10.2 Å². The van der Waals surface area contributed by atoms with Gasteiger partial charge in [-0.25, -0.2) is 0 Å². The first-order chi connectivity index (χ1) is 14.6. The number of hydrogen-bond acceptors (Lipinski definition) is 4. The number of anilines is 1. The average molecular weight is 418 g/mol. The molecule has 2 saturated heterocycles. The summed E-state index contributed by atoms with van der Waals surface area (Å²) in [6.07, 6.45) is 0.565. The molecule has 3 heterocycles. The molecule has 0 aliphatic carbocycles. The third-order valence-corrected chi connectivity index (χ3v) is 6.84. The lowest BCUT2D eigenvalue weighted by Gasteiger charge is -2.34. The number of nitrogens with zero attached hydrogens (tertiary/aromatic N) is 1. The summed E-state index contributed by atoms with van der Waals surface area (Å²) < 4.78 is 0. The predicted octanol–water partition coefficient (Wildman–Crippen LogP) is 2.76. The van der Waals surface area contributed by atoms with E-state index in [1.54, 1.807) is 0 Å². The number of fused-ring (bicyclic) bond motifs is 4. The number of rotatable bonds is 2. The summed E-state index contributed by atoms with van der Waals surface area (Å²) >= 11 is 0. The number of imide groups is 1. The summed E-state index contributed by atoms with van der Waals surface area (Å²) in [5, 5.41) is 6.46. The van der Waals surface area contributed by atoms with Crippen molar-refractivity contribution < 1.29 is 14.4 Å². The van der Waals surface area contributed by atoms with Crippen LogP contribution in [0, 0.1) is 18.8 Å². The number of amides is 3. The van der Waals surface area contributed by atoms with Gasteiger partial charge in [-0.3, -0.25) is 24.6 Å². The Kier molecular flexibility index (Phi) is 4.18. The Morgan fingerprint density at radius 1 is 1.00 bits per heavy atom. The van der Waals surface area contributed by atoms with E-state index in [9.17, 15) is 14.4 Å². The molecule has 3 aliphatic heterocycles. The largest absolute Gasteiger partial charge is 0.324 e. The van der Waals surface area contributed by atoms with Gasteiger partial charge in [-0.15, -0.1) is 0 Å². The minimum atomic E-state index is -1.24. The van der Waals surface area contributed by atoms with E-state index in [0.717, 1.165) is 16.7 Å². The Morgan fingerprint density at radius 3 is 2.39 bits per heavy atom. The van der Waals surface area contributed by atoms with E-state index in [4.69, 9.17) is 0 Å². The summed E-state index contributed by atoms with van der Waals surface area (Å²) in [6, 6.07) is 15.3. The van der Waals surface area contributed by atoms with Crippen molar-refractivity contribution in [1.29, 1.82) is 0 Å². The second-order valence-electron chi connectivity index (χ2n) is 9.94. The summed E-state index contributed by atoms with van der Waals surface area (Å²) in [7, 11) is 0. The van der Waals surface area contributed by atoms with E-state index in [1.165, 1.54) is 4.90 Å². The fourth-order valence-corrected chi connectivity index (χ4v) is 5.62. The molecule has 6 heteroatoms. The van der Waals surface area contributed by atoms with Crippen molar-refractivity contribution in [3.8, 4) is 0 Å². The van der Waals surface area contributed by atoms with E-state index >= 15 is 0 Å². The molecule has 3 aliphatic rings.